The van der Waals surface area contributed by atoms with Gasteiger partial charge in [-0.1, -0.05) is 76.2 Å². The van der Waals surface area contributed by atoms with Crippen LogP contribution in [0.2, 0.25) is 20.1 Å². The molecule has 0 aliphatic carbocycles. The number of halogens is 4. The zero-order chi connectivity index (χ0) is 23.0. The van der Waals surface area contributed by atoms with E-state index in [-0.39, 0.29) is 36.5 Å². The SMILES string of the molecule is Cc1cc(C)c(C(=O)[P](=O)c2ccccc2C(=O)c2c(Cl)c(Cl)cc(Cl)c2Cl)c(C)c1. The number of carbonyl (C=O) groups excluding carboxylic acids is 2. The number of ketones is 1. The minimum absolute atomic E-state index is 0.0431. The van der Waals surface area contributed by atoms with Crippen LogP contribution in [-0.2, 0) is 4.57 Å². The summed E-state index contributed by atoms with van der Waals surface area (Å²) >= 11 is 24.6. The lowest BCUT2D eigenvalue weighted by Gasteiger charge is -2.13. The van der Waals surface area contributed by atoms with Gasteiger partial charge in [-0.15, -0.1) is 0 Å². The van der Waals surface area contributed by atoms with Crippen molar-refractivity contribution in [3.05, 3.63) is 95.9 Å². The first kappa shape index (κ1) is 23.9. The molecule has 0 heterocycles. The molecule has 0 fully saturated rings. The first-order valence-corrected chi connectivity index (χ1v) is 11.9. The van der Waals surface area contributed by atoms with Crippen molar-refractivity contribution < 1.29 is 14.2 Å². The highest BCUT2D eigenvalue weighted by molar-refractivity contribution is 7.71. The van der Waals surface area contributed by atoms with Crippen molar-refractivity contribution in [2.75, 3.05) is 0 Å². The maximum Gasteiger partial charge on any atom is 0.247 e. The second-order valence-corrected chi connectivity index (χ2v) is 10.1. The summed E-state index contributed by atoms with van der Waals surface area (Å²) in [6, 6.07) is 11.2. The molecule has 0 amide bonds. The predicted molar refractivity (Wildman–Crippen MR) is 129 cm³/mol. The second-order valence-electron chi connectivity index (χ2n) is 7.06. The Morgan fingerprint density at radius 2 is 1.29 bits per heavy atom. The normalized spacial score (nSPS) is 11.4. The molecule has 0 aromatic heterocycles. The molecular formula is C23H16Cl4O3P. The maximum absolute atomic E-state index is 13.3. The van der Waals surface area contributed by atoms with Gasteiger partial charge in [0.15, 0.2) is 13.6 Å². The van der Waals surface area contributed by atoms with Crippen molar-refractivity contribution in [1.82, 2.24) is 0 Å². The Morgan fingerprint density at radius 3 is 1.84 bits per heavy atom. The van der Waals surface area contributed by atoms with E-state index in [0.717, 1.165) is 16.7 Å². The van der Waals surface area contributed by atoms with E-state index in [2.05, 4.69) is 0 Å². The summed E-state index contributed by atoms with van der Waals surface area (Å²) in [6.07, 6.45) is 0. The first-order chi connectivity index (χ1) is 14.5. The van der Waals surface area contributed by atoms with Gasteiger partial charge in [0, 0.05) is 11.1 Å². The largest absolute Gasteiger partial charge is 0.288 e. The highest BCUT2D eigenvalue weighted by Gasteiger charge is 2.28. The Hall–Kier alpha value is -1.74. The summed E-state index contributed by atoms with van der Waals surface area (Å²) in [5.41, 5.74) is 2.22. The third kappa shape index (κ3) is 4.58. The average molecular weight is 513 g/mol. The molecule has 0 spiro atoms. The van der Waals surface area contributed by atoms with Gasteiger partial charge < -0.3 is 0 Å². The van der Waals surface area contributed by atoms with E-state index >= 15 is 0 Å². The van der Waals surface area contributed by atoms with Crippen molar-refractivity contribution in [1.29, 1.82) is 0 Å². The fourth-order valence-corrected chi connectivity index (χ4v) is 5.85. The summed E-state index contributed by atoms with van der Waals surface area (Å²) in [7, 11) is -2.60. The standard InChI is InChI=1S/C23H16Cl4O3P/c1-11-8-12(2)18(13(3)9-11)23(29)31(30)17-7-5-4-6-14(17)22(28)19-20(26)15(24)10-16(25)21(19)27/h4-10H,1-3H3. The summed E-state index contributed by atoms with van der Waals surface area (Å²) in [6.45, 7) is 5.51. The molecule has 1 radical (unpaired) electrons. The van der Waals surface area contributed by atoms with Crippen LogP contribution in [0.15, 0.2) is 42.5 Å². The molecule has 1 unspecified atom stereocenters. The molecule has 0 saturated carbocycles. The third-order valence-corrected chi connectivity index (χ3v) is 7.78. The van der Waals surface area contributed by atoms with E-state index in [0.29, 0.717) is 5.56 Å². The Bertz CT molecular complexity index is 1220. The monoisotopic (exact) mass is 511 g/mol. The minimum Gasteiger partial charge on any atom is -0.288 e. The number of aryl methyl sites for hydroxylation is 3. The van der Waals surface area contributed by atoms with Gasteiger partial charge in [-0.2, -0.15) is 0 Å². The van der Waals surface area contributed by atoms with E-state index in [4.69, 9.17) is 46.4 Å². The van der Waals surface area contributed by atoms with Crippen LogP contribution in [0.3, 0.4) is 0 Å². The van der Waals surface area contributed by atoms with E-state index in [1.54, 1.807) is 26.0 Å². The molecule has 0 N–H and O–H groups in total. The molecule has 0 bridgehead atoms. The Morgan fingerprint density at radius 1 is 0.774 bits per heavy atom. The van der Waals surface area contributed by atoms with Crippen LogP contribution in [0.4, 0.5) is 0 Å². The lowest BCUT2D eigenvalue weighted by molar-refractivity contribution is 0.103. The lowest BCUT2D eigenvalue weighted by atomic mass is 10.0. The second kappa shape index (κ2) is 9.40. The van der Waals surface area contributed by atoms with E-state index in [9.17, 15) is 14.2 Å². The van der Waals surface area contributed by atoms with Crippen LogP contribution >= 0.6 is 54.2 Å². The third-order valence-electron chi connectivity index (χ3n) is 4.78. The summed E-state index contributed by atoms with van der Waals surface area (Å²) in [4.78, 5) is 26.5. The van der Waals surface area contributed by atoms with Gasteiger partial charge in [0.2, 0.25) is 5.52 Å². The molecule has 0 saturated heterocycles. The fourth-order valence-electron chi connectivity index (χ4n) is 3.48. The maximum atomic E-state index is 13.3. The first-order valence-electron chi connectivity index (χ1n) is 9.10. The van der Waals surface area contributed by atoms with Crippen molar-refractivity contribution in [2.45, 2.75) is 20.8 Å². The summed E-state index contributed by atoms with van der Waals surface area (Å²) in [5.74, 6) is -0.622. The van der Waals surface area contributed by atoms with Crippen LogP contribution in [0.1, 0.15) is 43.0 Å². The predicted octanol–water partition coefficient (Wildman–Crippen LogP) is 7.75. The van der Waals surface area contributed by atoms with Crippen LogP contribution in [0.25, 0.3) is 0 Å². The number of carbonyl (C=O) groups is 2. The van der Waals surface area contributed by atoms with Gasteiger partial charge >= 0.3 is 0 Å². The Balaban J connectivity index is 2.13. The molecule has 3 rings (SSSR count). The highest BCUT2D eigenvalue weighted by Crippen LogP contribution is 2.39. The van der Waals surface area contributed by atoms with Crippen LogP contribution in [0.5, 0.6) is 0 Å². The molecule has 3 nitrogen and oxygen atoms in total. The molecule has 159 valence electrons. The number of benzene rings is 3. The van der Waals surface area contributed by atoms with Crippen molar-refractivity contribution in [3.8, 4) is 0 Å². The van der Waals surface area contributed by atoms with Crippen LogP contribution < -0.4 is 5.30 Å². The molecule has 0 aliphatic rings. The van der Waals surface area contributed by atoms with E-state index in [1.807, 2.05) is 19.1 Å². The smallest absolute Gasteiger partial charge is 0.247 e. The van der Waals surface area contributed by atoms with Crippen LogP contribution in [-0.4, -0.2) is 11.3 Å². The molecule has 31 heavy (non-hydrogen) atoms. The van der Waals surface area contributed by atoms with Crippen molar-refractivity contribution >= 4 is 70.8 Å². The zero-order valence-electron chi connectivity index (χ0n) is 16.7. The number of hydrogen-bond donors (Lipinski definition) is 0. The molecule has 3 aromatic carbocycles. The molecule has 1 atom stereocenters. The van der Waals surface area contributed by atoms with Gasteiger partial charge in [-0.25, -0.2) is 0 Å². The minimum atomic E-state index is -2.60. The van der Waals surface area contributed by atoms with Crippen molar-refractivity contribution in [2.24, 2.45) is 0 Å². The number of hydrogen-bond acceptors (Lipinski definition) is 3. The van der Waals surface area contributed by atoms with Gasteiger partial charge in [0.05, 0.1) is 31.0 Å². The lowest BCUT2D eigenvalue weighted by Crippen LogP contribution is -2.17. The molecular weight excluding hydrogens is 497 g/mol. The van der Waals surface area contributed by atoms with Crippen molar-refractivity contribution in [3.63, 3.8) is 0 Å². The molecule has 0 aliphatic heterocycles. The Labute approximate surface area is 201 Å². The molecule has 8 heteroatoms. The van der Waals surface area contributed by atoms with Gasteiger partial charge in [0.1, 0.15) is 0 Å². The van der Waals surface area contributed by atoms with E-state index in [1.165, 1.54) is 18.2 Å². The summed E-state index contributed by atoms with van der Waals surface area (Å²) in [5, 5.41) is 0.0759. The highest BCUT2D eigenvalue weighted by atomic mass is 35.5. The summed E-state index contributed by atoms with van der Waals surface area (Å²) < 4.78 is 13.3. The quantitative estimate of drug-likeness (QED) is 0.199. The fraction of sp³-hybridized carbons (Fsp3) is 0.130. The molecule has 3 aromatic rings. The number of rotatable bonds is 5. The topological polar surface area (TPSA) is 51.2 Å². The Kier molecular flexibility index (Phi) is 7.25. The van der Waals surface area contributed by atoms with Gasteiger partial charge in [-0.3, -0.25) is 14.2 Å². The zero-order valence-corrected chi connectivity index (χ0v) is 20.6. The van der Waals surface area contributed by atoms with E-state index < -0.39 is 19.1 Å². The average Bonchev–Trinajstić information content (AvgIpc) is 2.71. The van der Waals surface area contributed by atoms with Gasteiger partial charge in [0.25, 0.3) is 0 Å². The van der Waals surface area contributed by atoms with Crippen LogP contribution in [0, 0.1) is 20.8 Å². The van der Waals surface area contributed by atoms with Gasteiger partial charge in [-0.05, 0) is 50.1 Å².